The fourth-order valence-electron chi connectivity index (χ4n) is 3.27. The lowest BCUT2D eigenvalue weighted by Gasteiger charge is -2.51. The van der Waals surface area contributed by atoms with Crippen LogP contribution in [0.15, 0.2) is 0 Å². The molecule has 0 radical (unpaired) electrons. The van der Waals surface area contributed by atoms with E-state index in [2.05, 4.69) is 23.8 Å². The van der Waals surface area contributed by atoms with Crippen LogP contribution in [-0.4, -0.2) is 71.8 Å². The predicted octanol–water partition coefficient (Wildman–Crippen LogP) is 1.04. The van der Waals surface area contributed by atoms with E-state index in [4.69, 9.17) is 4.74 Å². The van der Waals surface area contributed by atoms with Crippen LogP contribution in [0.4, 0.5) is 0 Å². The van der Waals surface area contributed by atoms with Gasteiger partial charge in [-0.05, 0) is 26.8 Å². The molecule has 2 unspecified atom stereocenters. The number of hydrogen-bond donors (Lipinski definition) is 1. The van der Waals surface area contributed by atoms with Crippen molar-refractivity contribution >= 4 is 5.97 Å². The molecule has 5 nitrogen and oxygen atoms in total. The van der Waals surface area contributed by atoms with Gasteiger partial charge in [0.1, 0.15) is 5.54 Å². The van der Waals surface area contributed by atoms with Crippen LogP contribution in [0.25, 0.3) is 0 Å². The number of ether oxygens (including phenoxy) is 1. The van der Waals surface area contributed by atoms with E-state index in [9.17, 15) is 9.90 Å². The van der Waals surface area contributed by atoms with E-state index in [0.717, 1.165) is 32.6 Å². The molecule has 2 heterocycles. The molecule has 0 aliphatic carbocycles. The van der Waals surface area contributed by atoms with Gasteiger partial charge in [0.05, 0.1) is 5.60 Å². The maximum absolute atomic E-state index is 11.9. The molecule has 5 heteroatoms. The van der Waals surface area contributed by atoms with Gasteiger partial charge in [-0.25, -0.2) is 0 Å². The summed E-state index contributed by atoms with van der Waals surface area (Å²) in [5, 5.41) is 9.82. The Labute approximate surface area is 115 Å². The number of hydrogen-bond acceptors (Lipinski definition) is 4. The molecule has 2 atom stereocenters. The van der Waals surface area contributed by atoms with Crippen LogP contribution >= 0.6 is 0 Å². The van der Waals surface area contributed by atoms with Gasteiger partial charge in [-0.3, -0.25) is 9.69 Å². The second-order valence-electron chi connectivity index (χ2n) is 6.21. The van der Waals surface area contributed by atoms with Crippen molar-refractivity contribution in [3.8, 4) is 0 Å². The lowest BCUT2D eigenvalue weighted by atomic mass is 9.77. The Morgan fingerprint density at radius 3 is 2.47 bits per heavy atom. The molecule has 2 aliphatic heterocycles. The highest BCUT2D eigenvalue weighted by Gasteiger charge is 2.51. The average molecular weight is 270 g/mol. The smallest absolute Gasteiger partial charge is 0.324 e. The summed E-state index contributed by atoms with van der Waals surface area (Å²) in [5.74, 6) is -0.681. The molecular formula is C14H26N2O3. The van der Waals surface area contributed by atoms with E-state index in [0.29, 0.717) is 19.4 Å². The fraction of sp³-hybridized carbons (Fsp3) is 0.929. The molecule has 0 spiro atoms. The predicted molar refractivity (Wildman–Crippen MR) is 73.3 cm³/mol. The summed E-state index contributed by atoms with van der Waals surface area (Å²) in [6.07, 6.45) is 2.05. The van der Waals surface area contributed by atoms with Crippen molar-refractivity contribution in [3.05, 3.63) is 0 Å². The number of aliphatic carboxylic acids is 1. The number of nitrogens with zero attached hydrogens (tertiary/aromatic N) is 2. The molecule has 19 heavy (non-hydrogen) atoms. The topological polar surface area (TPSA) is 53.0 Å². The highest BCUT2D eigenvalue weighted by molar-refractivity contribution is 5.79. The minimum atomic E-state index is -0.732. The monoisotopic (exact) mass is 270 g/mol. The van der Waals surface area contributed by atoms with E-state index in [-0.39, 0.29) is 5.60 Å². The van der Waals surface area contributed by atoms with Crippen LogP contribution in [-0.2, 0) is 9.53 Å². The van der Waals surface area contributed by atoms with Gasteiger partial charge < -0.3 is 14.7 Å². The summed E-state index contributed by atoms with van der Waals surface area (Å²) in [6.45, 7) is 8.22. The van der Waals surface area contributed by atoms with Crippen molar-refractivity contribution in [3.63, 3.8) is 0 Å². The minimum absolute atomic E-state index is 0.306. The van der Waals surface area contributed by atoms with Crippen molar-refractivity contribution in [2.45, 2.75) is 44.2 Å². The first-order valence-electron chi connectivity index (χ1n) is 7.23. The van der Waals surface area contributed by atoms with E-state index >= 15 is 0 Å². The number of carboxylic acid groups (broad SMARTS) is 1. The Hall–Kier alpha value is -0.650. The summed E-state index contributed by atoms with van der Waals surface area (Å²) in [4.78, 5) is 16.4. The van der Waals surface area contributed by atoms with Crippen LogP contribution in [0.3, 0.4) is 0 Å². The Morgan fingerprint density at radius 2 is 1.95 bits per heavy atom. The molecule has 0 aromatic heterocycles. The molecule has 1 N–H and O–H groups in total. The van der Waals surface area contributed by atoms with Gasteiger partial charge >= 0.3 is 5.97 Å². The van der Waals surface area contributed by atoms with Gasteiger partial charge in [-0.2, -0.15) is 0 Å². The third-order valence-electron chi connectivity index (χ3n) is 4.89. The summed E-state index contributed by atoms with van der Waals surface area (Å²) >= 11 is 0. The maximum atomic E-state index is 11.9. The van der Waals surface area contributed by atoms with Crippen LogP contribution in [0, 0.1) is 0 Å². The normalized spacial score (nSPS) is 38.3. The Balaban J connectivity index is 2.20. The number of rotatable bonds is 3. The number of likely N-dealkylation sites (N-methyl/N-ethyl adjacent to an activating group) is 1. The summed E-state index contributed by atoms with van der Waals surface area (Å²) in [6, 6.07) is 0. The fourth-order valence-corrected chi connectivity index (χ4v) is 3.27. The molecule has 0 aromatic carbocycles. The standard InChI is InChI=1S/C14H26N2O3/c1-4-13(2)11-14(12(17)18,5-10-19-13)16-8-6-15(3)7-9-16/h4-11H2,1-3H3,(H,17,18). The Kier molecular flexibility index (Phi) is 4.18. The molecule has 0 bridgehead atoms. The van der Waals surface area contributed by atoms with Crippen molar-refractivity contribution in [2.24, 2.45) is 0 Å². The molecule has 2 aliphatic rings. The van der Waals surface area contributed by atoms with E-state index < -0.39 is 11.5 Å². The average Bonchev–Trinajstić information content (AvgIpc) is 2.39. The van der Waals surface area contributed by atoms with Crippen LogP contribution < -0.4 is 0 Å². The van der Waals surface area contributed by atoms with Crippen LogP contribution in [0.1, 0.15) is 33.1 Å². The van der Waals surface area contributed by atoms with Crippen molar-refractivity contribution < 1.29 is 14.6 Å². The summed E-state index contributed by atoms with van der Waals surface area (Å²) in [7, 11) is 2.09. The maximum Gasteiger partial charge on any atom is 0.324 e. The lowest BCUT2D eigenvalue weighted by Crippen LogP contribution is -2.65. The highest BCUT2D eigenvalue weighted by atomic mass is 16.5. The van der Waals surface area contributed by atoms with Gasteiger partial charge in [-0.15, -0.1) is 0 Å². The Morgan fingerprint density at radius 1 is 1.32 bits per heavy atom. The molecule has 2 fully saturated rings. The largest absolute Gasteiger partial charge is 0.480 e. The number of carbonyl (C=O) groups is 1. The SMILES string of the molecule is CCC1(C)CC(C(=O)O)(N2CCN(C)CC2)CCO1. The highest BCUT2D eigenvalue weighted by Crippen LogP contribution is 2.39. The molecule has 2 saturated heterocycles. The van der Waals surface area contributed by atoms with Crippen LogP contribution in [0.2, 0.25) is 0 Å². The van der Waals surface area contributed by atoms with E-state index in [1.54, 1.807) is 0 Å². The van der Waals surface area contributed by atoms with Crippen molar-refractivity contribution in [2.75, 3.05) is 39.8 Å². The summed E-state index contributed by atoms with van der Waals surface area (Å²) in [5.41, 5.74) is -1.04. The van der Waals surface area contributed by atoms with Gasteiger partial charge in [0, 0.05) is 39.2 Å². The van der Waals surface area contributed by atoms with E-state index in [1.165, 1.54) is 0 Å². The van der Waals surface area contributed by atoms with Crippen LogP contribution in [0.5, 0.6) is 0 Å². The van der Waals surface area contributed by atoms with Gasteiger partial charge in [-0.1, -0.05) is 6.92 Å². The first kappa shape index (κ1) is 14.8. The third-order valence-corrected chi connectivity index (χ3v) is 4.89. The molecule has 0 aromatic rings. The number of piperazine rings is 1. The first-order valence-corrected chi connectivity index (χ1v) is 7.23. The molecule has 0 saturated carbocycles. The van der Waals surface area contributed by atoms with Gasteiger partial charge in [0.15, 0.2) is 0 Å². The molecule has 0 amide bonds. The molecular weight excluding hydrogens is 244 g/mol. The van der Waals surface area contributed by atoms with Gasteiger partial charge in [0.2, 0.25) is 0 Å². The third kappa shape index (κ3) is 2.78. The Bertz CT molecular complexity index is 342. The quantitative estimate of drug-likeness (QED) is 0.830. The molecule has 110 valence electrons. The lowest BCUT2D eigenvalue weighted by molar-refractivity contribution is -0.177. The summed E-state index contributed by atoms with van der Waals surface area (Å²) < 4.78 is 5.83. The van der Waals surface area contributed by atoms with E-state index in [1.807, 2.05) is 6.92 Å². The number of carboxylic acids is 1. The first-order chi connectivity index (χ1) is 8.92. The second-order valence-corrected chi connectivity index (χ2v) is 6.21. The van der Waals surface area contributed by atoms with Crippen molar-refractivity contribution in [1.29, 1.82) is 0 Å². The zero-order valence-corrected chi connectivity index (χ0v) is 12.3. The zero-order valence-electron chi connectivity index (χ0n) is 12.3. The minimum Gasteiger partial charge on any atom is -0.480 e. The van der Waals surface area contributed by atoms with Gasteiger partial charge in [0.25, 0.3) is 0 Å². The molecule has 2 rings (SSSR count). The van der Waals surface area contributed by atoms with Crippen molar-refractivity contribution in [1.82, 2.24) is 9.80 Å². The zero-order chi connectivity index (χ0) is 14.1. The second kappa shape index (κ2) is 5.38.